The Hall–Kier alpha value is -1.51. The SMILES string of the molecule is CCN(C(=O)Cc1cccc(N)c1)C(C)C. The topological polar surface area (TPSA) is 46.3 Å². The van der Waals surface area contributed by atoms with Crippen LogP contribution >= 0.6 is 0 Å². The molecule has 88 valence electrons. The molecule has 0 fully saturated rings. The molecule has 16 heavy (non-hydrogen) atoms. The molecule has 0 atom stereocenters. The van der Waals surface area contributed by atoms with Crippen LogP contribution in [-0.4, -0.2) is 23.4 Å². The lowest BCUT2D eigenvalue weighted by Gasteiger charge is -2.25. The number of anilines is 1. The molecule has 1 amide bonds. The highest BCUT2D eigenvalue weighted by Gasteiger charge is 2.14. The highest BCUT2D eigenvalue weighted by atomic mass is 16.2. The molecule has 1 aromatic rings. The van der Waals surface area contributed by atoms with Gasteiger partial charge in [0, 0.05) is 18.3 Å². The molecule has 0 aromatic heterocycles. The van der Waals surface area contributed by atoms with Crippen LogP contribution in [0.4, 0.5) is 5.69 Å². The second kappa shape index (κ2) is 5.54. The fourth-order valence-electron chi connectivity index (χ4n) is 1.81. The lowest BCUT2D eigenvalue weighted by molar-refractivity contribution is -0.131. The minimum absolute atomic E-state index is 0.156. The van der Waals surface area contributed by atoms with Gasteiger partial charge in [-0.05, 0) is 38.5 Å². The summed E-state index contributed by atoms with van der Waals surface area (Å²) in [5.74, 6) is 0.156. The number of likely N-dealkylation sites (N-methyl/N-ethyl adjacent to an activating group) is 1. The number of rotatable bonds is 4. The largest absolute Gasteiger partial charge is 0.399 e. The number of benzene rings is 1. The summed E-state index contributed by atoms with van der Waals surface area (Å²) in [5.41, 5.74) is 7.36. The van der Waals surface area contributed by atoms with Gasteiger partial charge in [0.1, 0.15) is 0 Å². The van der Waals surface area contributed by atoms with E-state index < -0.39 is 0 Å². The molecular weight excluding hydrogens is 200 g/mol. The van der Waals surface area contributed by atoms with E-state index in [9.17, 15) is 4.79 Å². The molecule has 0 bridgehead atoms. The zero-order valence-corrected chi connectivity index (χ0v) is 10.2. The van der Waals surface area contributed by atoms with E-state index in [1.165, 1.54) is 0 Å². The third-order valence-corrected chi connectivity index (χ3v) is 2.59. The number of hydrogen-bond donors (Lipinski definition) is 1. The molecule has 0 spiro atoms. The number of carbonyl (C=O) groups is 1. The van der Waals surface area contributed by atoms with E-state index in [2.05, 4.69) is 0 Å². The van der Waals surface area contributed by atoms with Crippen LogP contribution in [0.2, 0.25) is 0 Å². The molecule has 1 aromatic carbocycles. The van der Waals surface area contributed by atoms with Gasteiger partial charge in [-0.2, -0.15) is 0 Å². The lowest BCUT2D eigenvalue weighted by atomic mass is 10.1. The normalized spacial score (nSPS) is 10.5. The summed E-state index contributed by atoms with van der Waals surface area (Å²) in [6.45, 7) is 6.80. The molecular formula is C13H20N2O. The van der Waals surface area contributed by atoms with E-state index >= 15 is 0 Å². The third-order valence-electron chi connectivity index (χ3n) is 2.59. The van der Waals surface area contributed by atoms with Gasteiger partial charge in [0.25, 0.3) is 0 Å². The average molecular weight is 220 g/mol. The van der Waals surface area contributed by atoms with Crippen molar-refractivity contribution in [1.29, 1.82) is 0 Å². The highest BCUT2D eigenvalue weighted by molar-refractivity contribution is 5.79. The summed E-state index contributed by atoms with van der Waals surface area (Å²) in [5, 5.41) is 0. The monoisotopic (exact) mass is 220 g/mol. The van der Waals surface area contributed by atoms with Crippen LogP contribution in [0, 0.1) is 0 Å². The zero-order chi connectivity index (χ0) is 12.1. The first-order valence-electron chi connectivity index (χ1n) is 5.68. The molecule has 1 rings (SSSR count). The van der Waals surface area contributed by atoms with Crippen molar-refractivity contribution in [3.8, 4) is 0 Å². The van der Waals surface area contributed by atoms with E-state index in [1.807, 2.05) is 49.9 Å². The fraction of sp³-hybridized carbons (Fsp3) is 0.462. The molecule has 3 nitrogen and oxygen atoms in total. The van der Waals surface area contributed by atoms with Gasteiger partial charge in [-0.1, -0.05) is 12.1 Å². The Morgan fingerprint density at radius 3 is 2.62 bits per heavy atom. The van der Waals surface area contributed by atoms with Crippen molar-refractivity contribution in [2.24, 2.45) is 0 Å². The van der Waals surface area contributed by atoms with Gasteiger partial charge >= 0.3 is 0 Å². The Bertz CT molecular complexity index is 361. The molecule has 0 aliphatic carbocycles. The van der Waals surface area contributed by atoms with Gasteiger partial charge in [0.15, 0.2) is 0 Å². The summed E-state index contributed by atoms with van der Waals surface area (Å²) in [4.78, 5) is 13.8. The quantitative estimate of drug-likeness (QED) is 0.789. The van der Waals surface area contributed by atoms with Gasteiger partial charge in [0.05, 0.1) is 6.42 Å². The minimum atomic E-state index is 0.156. The number of nitrogens with two attached hydrogens (primary N) is 1. The molecule has 2 N–H and O–H groups in total. The molecule has 0 unspecified atom stereocenters. The van der Waals surface area contributed by atoms with Crippen LogP contribution in [-0.2, 0) is 11.2 Å². The summed E-state index contributed by atoms with van der Waals surface area (Å²) in [7, 11) is 0. The summed E-state index contributed by atoms with van der Waals surface area (Å²) in [6, 6.07) is 7.74. The minimum Gasteiger partial charge on any atom is -0.399 e. The molecule has 0 aliphatic rings. The van der Waals surface area contributed by atoms with E-state index in [-0.39, 0.29) is 11.9 Å². The van der Waals surface area contributed by atoms with E-state index in [0.29, 0.717) is 12.1 Å². The number of hydrogen-bond acceptors (Lipinski definition) is 2. The Morgan fingerprint density at radius 2 is 2.12 bits per heavy atom. The van der Waals surface area contributed by atoms with Crippen LogP contribution in [0.1, 0.15) is 26.3 Å². The fourth-order valence-corrected chi connectivity index (χ4v) is 1.81. The smallest absolute Gasteiger partial charge is 0.227 e. The molecule has 3 heteroatoms. The third kappa shape index (κ3) is 3.26. The van der Waals surface area contributed by atoms with Gasteiger partial charge in [-0.3, -0.25) is 4.79 Å². The first kappa shape index (κ1) is 12.6. The molecule has 0 aliphatic heterocycles. The van der Waals surface area contributed by atoms with E-state index in [4.69, 9.17) is 5.73 Å². The van der Waals surface area contributed by atoms with Gasteiger partial charge in [-0.15, -0.1) is 0 Å². The second-order valence-corrected chi connectivity index (χ2v) is 4.20. The molecule has 0 saturated heterocycles. The van der Waals surface area contributed by atoms with Crippen LogP contribution in [0.25, 0.3) is 0 Å². The molecule has 0 saturated carbocycles. The van der Waals surface area contributed by atoms with Crippen molar-refractivity contribution in [2.45, 2.75) is 33.2 Å². The standard InChI is InChI=1S/C13H20N2O/c1-4-15(10(2)3)13(16)9-11-6-5-7-12(14)8-11/h5-8,10H,4,9,14H2,1-3H3. The molecule has 0 heterocycles. The van der Waals surface area contributed by atoms with Crippen molar-refractivity contribution in [2.75, 3.05) is 12.3 Å². The lowest BCUT2D eigenvalue weighted by Crippen LogP contribution is -2.37. The Balaban J connectivity index is 2.70. The van der Waals surface area contributed by atoms with E-state index in [1.54, 1.807) is 0 Å². The second-order valence-electron chi connectivity index (χ2n) is 4.20. The maximum Gasteiger partial charge on any atom is 0.227 e. The van der Waals surface area contributed by atoms with Crippen LogP contribution < -0.4 is 5.73 Å². The van der Waals surface area contributed by atoms with Crippen molar-refractivity contribution in [3.05, 3.63) is 29.8 Å². The maximum atomic E-state index is 12.0. The summed E-state index contributed by atoms with van der Waals surface area (Å²) in [6.07, 6.45) is 0.428. The average Bonchev–Trinajstić information content (AvgIpc) is 2.17. The molecule has 0 radical (unpaired) electrons. The van der Waals surface area contributed by atoms with Gasteiger partial charge in [0.2, 0.25) is 5.91 Å². The van der Waals surface area contributed by atoms with Crippen molar-refractivity contribution < 1.29 is 4.79 Å². The van der Waals surface area contributed by atoms with Crippen molar-refractivity contribution >= 4 is 11.6 Å². The predicted molar refractivity (Wildman–Crippen MR) is 67.1 cm³/mol. The van der Waals surface area contributed by atoms with Crippen LogP contribution in [0.3, 0.4) is 0 Å². The summed E-state index contributed by atoms with van der Waals surface area (Å²) >= 11 is 0. The Labute approximate surface area is 97.2 Å². The summed E-state index contributed by atoms with van der Waals surface area (Å²) < 4.78 is 0. The van der Waals surface area contributed by atoms with Crippen LogP contribution in [0.5, 0.6) is 0 Å². The zero-order valence-electron chi connectivity index (χ0n) is 10.2. The number of nitrogens with zero attached hydrogens (tertiary/aromatic N) is 1. The number of nitrogen functional groups attached to an aromatic ring is 1. The Morgan fingerprint density at radius 1 is 1.44 bits per heavy atom. The van der Waals surface area contributed by atoms with Crippen LogP contribution in [0.15, 0.2) is 24.3 Å². The number of amides is 1. The van der Waals surface area contributed by atoms with Gasteiger partial charge < -0.3 is 10.6 Å². The first-order valence-corrected chi connectivity index (χ1v) is 5.68. The van der Waals surface area contributed by atoms with Crippen molar-refractivity contribution in [3.63, 3.8) is 0 Å². The van der Waals surface area contributed by atoms with Crippen molar-refractivity contribution in [1.82, 2.24) is 4.90 Å². The highest BCUT2D eigenvalue weighted by Crippen LogP contribution is 2.09. The first-order chi connectivity index (χ1) is 7.54. The number of carbonyl (C=O) groups excluding carboxylic acids is 1. The van der Waals surface area contributed by atoms with Gasteiger partial charge in [-0.25, -0.2) is 0 Å². The van der Waals surface area contributed by atoms with E-state index in [0.717, 1.165) is 12.1 Å². The maximum absolute atomic E-state index is 12.0. The Kier molecular flexibility index (Phi) is 4.35. The predicted octanol–water partition coefficient (Wildman–Crippen LogP) is 2.07.